The Morgan fingerprint density at radius 3 is 2.50 bits per heavy atom. The lowest BCUT2D eigenvalue weighted by molar-refractivity contribution is 0.315. The number of aromatic nitrogens is 2. The summed E-state index contributed by atoms with van der Waals surface area (Å²) in [5, 5.41) is 7.70. The molecule has 0 radical (unpaired) electrons. The largest absolute Gasteiger partial charge is 0.397 e. The number of fused-ring (bicyclic) bond motifs is 1. The Balaban J connectivity index is 2.02. The second-order valence-corrected chi connectivity index (χ2v) is 5.70. The van der Waals surface area contributed by atoms with Crippen LogP contribution in [0.4, 0.5) is 5.69 Å². The lowest BCUT2D eigenvalue weighted by Gasteiger charge is -2.02. The van der Waals surface area contributed by atoms with E-state index in [0.29, 0.717) is 16.7 Å². The highest BCUT2D eigenvalue weighted by Crippen LogP contribution is 2.34. The minimum Gasteiger partial charge on any atom is -0.397 e. The lowest BCUT2D eigenvalue weighted by atomic mass is 10.3. The van der Waals surface area contributed by atoms with Gasteiger partial charge in [0.25, 0.3) is 0 Å². The molecule has 0 fully saturated rings. The predicted molar refractivity (Wildman–Crippen MR) is 74.5 cm³/mol. The molecule has 0 aliphatic heterocycles. The van der Waals surface area contributed by atoms with Crippen LogP contribution in [0.2, 0.25) is 0 Å². The Bertz CT molecular complexity index is 696. The number of nitrogen functional groups attached to an aromatic ring is 1. The van der Waals surface area contributed by atoms with Crippen LogP contribution in [0.5, 0.6) is 0 Å². The van der Waals surface area contributed by atoms with Crippen LogP contribution >= 0.6 is 27.7 Å². The van der Waals surface area contributed by atoms with Gasteiger partial charge in [0.1, 0.15) is 0 Å². The van der Waals surface area contributed by atoms with Crippen LogP contribution in [0.3, 0.4) is 0 Å². The van der Waals surface area contributed by atoms with E-state index in [9.17, 15) is 0 Å². The highest BCUT2D eigenvalue weighted by atomic mass is 79.9. The maximum absolute atomic E-state index is 5.80. The fourth-order valence-corrected chi connectivity index (χ4v) is 2.73. The summed E-state index contributed by atoms with van der Waals surface area (Å²) in [6.45, 7) is 0. The Hall–Kier alpha value is -1.53. The van der Waals surface area contributed by atoms with E-state index in [4.69, 9.17) is 10.4 Å². The molecule has 0 atom stereocenters. The number of nitrogens with zero attached hydrogens (tertiary/aromatic N) is 2. The van der Waals surface area contributed by atoms with E-state index in [-0.39, 0.29) is 0 Å². The first-order chi connectivity index (χ1) is 8.74. The summed E-state index contributed by atoms with van der Waals surface area (Å²) in [6, 6.07) is 11.8. The van der Waals surface area contributed by atoms with Gasteiger partial charge in [0, 0.05) is 14.3 Å². The highest BCUT2D eigenvalue weighted by Gasteiger charge is 2.10. The SMILES string of the molecule is Nc1ccc(Sc2ccc(Br)cc2)c2nonc12. The zero-order valence-electron chi connectivity index (χ0n) is 9.13. The highest BCUT2D eigenvalue weighted by molar-refractivity contribution is 9.10. The summed E-state index contributed by atoms with van der Waals surface area (Å²) in [5.41, 5.74) is 7.69. The van der Waals surface area contributed by atoms with Crippen molar-refractivity contribution in [2.45, 2.75) is 9.79 Å². The first-order valence-corrected chi connectivity index (χ1v) is 6.79. The molecule has 90 valence electrons. The van der Waals surface area contributed by atoms with Crippen molar-refractivity contribution in [1.82, 2.24) is 10.3 Å². The summed E-state index contributed by atoms with van der Waals surface area (Å²) in [5.74, 6) is 0. The minimum atomic E-state index is 0.575. The summed E-state index contributed by atoms with van der Waals surface area (Å²) in [4.78, 5) is 2.09. The molecule has 6 heteroatoms. The molecule has 0 amide bonds. The van der Waals surface area contributed by atoms with Gasteiger partial charge in [0.05, 0.1) is 5.69 Å². The summed E-state index contributed by atoms with van der Waals surface area (Å²) < 4.78 is 5.80. The molecule has 0 saturated heterocycles. The van der Waals surface area contributed by atoms with Crippen LogP contribution in [0, 0.1) is 0 Å². The molecule has 3 rings (SSSR count). The van der Waals surface area contributed by atoms with E-state index in [1.54, 1.807) is 11.8 Å². The molecule has 2 N–H and O–H groups in total. The van der Waals surface area contributed by atoms with E-state index in [1.807, 2.05) is 36.4 Å². The van der Waals surface area contributed by atoms with Crippen LogP contribution in [0.1, 0.15) is 0 Å². The Kier molecular flexibility index (Phi) is 2.97. The second-order valence-electron chi connectivity index (χ2n) is 3.67. The van der Waals surface area contributed by atoms with Crippen LogP contribution in [-0.2, 0) is 0 Å². The maximum Gasteiger partial charge on any atom is 0.159 e. The topological polar surface area (TPSA) is 64.9 Å². The third kappa shape index (κ3) is 2.09. The Morgan fingerprint density at radius 1 is 1.00 bits per heavy atom. The summed E-state index contributed by atoms with van der Waals surface area (Å²) in [6.07, 6.45) is 0. The normalized spacial score (nSPS) is 10.9. The molecule has 1 heterocycles. The first-order valence-electron chi connectivity index (χ1n) is 5.18. The van der Waals surface area contributed by atoms with E-state index in [2.05, 4.69) is 26.2 Å². The molecule has 0 aliphatic rings. The van der Waals surface area contributed by atoms with Crippen molar-refractivity contribution >= 4 is 44.4 Å². The molecular weight excluding hydrogens is 314 g/mol. The molecule has 0 spiro atoms. The van der Waals surface area contributed by atoms with Gasteiger partial charge >= 0.3 is 0 Å². The molecule has 3 aromatic rings. The van der Waals surface area contributed by atoms with E-state index in [1.165, 1.54) is 0 Å². The third-order valence-corrected chi connectivity index (χ3v) is 4.04. The van der Waals surface area contributed by atoms with Crippen LogP contribution in [-0.4, -0.2) is 10.3 Å². The number of hydrogen-bond donors (Lipinski definition) is 1. The standard InChI is InChI=1S/C12H8BrN3OS/c13-7-1-3-8(4-2-7)18-10-6-5-9(14)11-12(10)16-17-15-11/h1-6H,14H2. The van der Waals surface area contributed by atoms with E-state index >= 15 is 0 Å². The van der Waals surface area contributed by atoms with E-state index < -0.39 is 0 Å². The lowest BCUT2D eigenvalue weighted by Crippen LogP contribution is -1.87. The maximum atomic E-state index is 5.80. The smallest absolute Gasteiger partial charge is 0.159 e. The molecule has 0 aliphatic carbocycles. The van der Waals surface area contributed by atoms with Gasteiger partial charge in [-0.3, -0.25) is 0 Å². The number of anilines is 1. The number of halogens is 1. The van der Waals surface area contributed by atoms with Gasteiger partial charge in [-0.25, -0.2) is 4.63 Å². The first kappa shape index (κ1) is 11.6. The average Bonchev–Trinajstić information content (AvgIpc) is 2.86. The molecule has 0 unspecified atom stereocenters. The van der Waals surface area contributed by atoms with Crippen molar-refractivity contribution < 1.29 is 4.63 Å². The quantitative estimate of drug-likeness (QED) is 0.729. The van der Waals surface area contributed by atoms with Gasteiger partial charge in [-0.2, -0.15) is 0 Å². The Morgan fingerprint density at radius 2 is 1.72 bits per heavy atom. The molecule has 2 aromatic carbocycles. The number of hydrogen-bond acceptors (Lipinski definition) is 5. The molecular formula is C12H8BrN3OS. The zero-order chi connectivity index (χ0) is 12.5. The van der Waals surface area contributed by atoms with Crippen molar-refractivity contribution in [1.29, 1.82) is 0 Å². The van der Waals surface area contributed by atoms with Crippen molar-refractivity contribution in [3.63, 3.8) is 0 Å². The zero-order valence-corrected chi connectivity index (χ0v) is 11.5. The molecule has 0 saturated carbocycles. The van der Waals surface area contributed by atoms with E-state index in [0.717, 1.165) is 14.3 Å². The van der Waals surface area contributed by atoms with Crippen LogP contribution < -0.4 is 5.73 Å². The van der Waals surface area contributed by atoms with Gasteiger partial charge in [-0.1, -0.05) is 27.7 Å². The van der Waals surface area contributed by atoms with Crippen molar-refractivity contribution in [2.75, 3.05) is 5.73 Å². The second kappa shape index (κ2) is 4.62. The monoisotopic (exact) mass is 321 g/mol. The summed E-state index contributed by atoms with van der Waals surface area (Å²) >= 11 is 5.01. The van der Waals surface area contributed by atoms with Gasteiger partial charge < -0.3 is 5.73 Å². The fourth-order valence-electron chi connectivity index (χ4n) is 1.57. The molecule has 0 bridgehead atoms. The number of rotatable bonds is 2. The van der Waals surface area contributed by atoms with Crippen molar-refractivity contribution in [3.8, 4) is 0 Å². The average molecular weight is 322 g/mol. The molecule has 1 aromatic heterocycles. The predicted octanol–water partition coefficient (Wildman–Crippen LogP) is 3.72. The number of benzene rings is 2. The minimum absolute atomic E-state index is 0.575. The van der Waals surface area contributed by atoms with Gasteiger partial charge in [-0.15, -0.1) is 0 Å². The van der Waals surface area contributed by atoms with Crippen LogP contribution in [0.15, 0.2) is 55.3 Å². The van der Waals surface area contributed by atoms with Crippen LogP contribution in [0.25, 0.3) is 11.0 Å². The molecule has 18 heavy (non-hydrogen) atoms. The van der Waals surface area contributed by atoms with Gasteiger partial charge in [-0.05, 0) is 46.7 Å². The van der Waals surface area contributed by atoms with Gasteiger partial charge in [0.2, 0.25) is 0 Å². The van der Waals surface area contributed by atoms with Crippen molar-refractivity contribution in [3.05, 3.63) is 40.9 Å². The molecule has 4 nitrogen and oxygen atoms in total. The fraction of sp³-hybridized carbons (Fsp3) is 0. The van der Waals surface area contributed by atoms with Gasteiger partial charge in [0.15, 0.2) is 11.0 Å². The number of nitrogens with two attached hydrogens (primary N) is 1. The Labute approximate surface area is 116 Å². The third-order valence-electron chi connectivity index (χ3n) is 2.45. The van der Waals surface area contributed by atoms with Crippen molar-refractivity contribution in [2.24, 2.45) is 0 Å². The summed E-state index contributed by atoms with van der Waals surface area (Å²) in [7, 11) is 0.